The molecule has 0 aliphatic rings. The van der Waals surface area contributed by atoms with Gasteiger partial charge in [0.25, 0.3) is 0 Å². The van der Waals surface area contributed by atoms with E-state index in [4.69, 9.17) is 0 Å². The van der Waals surface area contributed by atoms with Crippen LogP contribution in [0.1, 0.15) is 0 Å². The zero-order valence-corrected chi connectivity index (χ0v) is 13.1. The fourth-order valence-electron chi connectivity index (χ4n) is 0. The van der Waals surface area contributed by atoms with E-state index in [0.717, 1.165) is 0 Å². The van der Waals surface area contributed by atoms with Gasteiger partial charge in [-0.25, -0.2) is 0 Å². The molecule has 0 aliphatic heterocycles. The Labute approximate surface area is 108 Å². The SMILES string of the molecule is Br[B-](I)(I)I.[Na+]. The Balaban J connectivity index is 0. The number of hydrogen-bond acceptors (Lipinski definition) is 0. The summed E-state index contributed by atoms with van der Waals surface area (Å²) in [5, 5.41) is 0. The van der Waals surface area contributed by atoms with Gasteiger partial charge >= 0.3 is 29.6 Å². The van der Waals surface area contributed by atoms with E-state index in [1.54, 1.807) is 0 Å². The smallest absolute Gasteiger partial charge is 0.314 e. The molecule has 32 valence electrons. The van der Waals surface area contributed by atoms with Gasteiger partial charge in [0, 0.05) is 0 Å². The van der Waals surface area contributed by atoms with E-state index in [9.17, 15) is 0 Å². The van der Waals surface area contributed by atoms with Crippen LogP contribution in [0.3, 0.4) is 0 Å². The van der Waals surface area contributed by atoms with Crippen molar-refractivity contribution in [2.75, 3.05) is 0 Å². The van der Waals surface area contributed by atoms with Crippen molar-refractivity contribution in [3.05, 3.63) is 0 Å². The van der Waals surface area contributed by atoms with Crippen molar-refractivity contribution in [3.63, 3.8) is 0 Å². The van der Waals surface area contributed by atoms with Crippen molar-refractivity contribution in [3.8, 4) is 0 Å². The number of rotatable bonds is 0. The predicted molar refractivity (Wildman–Crippen MR) is 56.7 cm³/mol. The van der Waals surface area contributed by atoms with Crippen LogP contribution in [0.15, 0.2) is 0 Å². The molecule has 0 aromatic heterocycles. The van der Waals surface area contributed by atoms with E-state index in [1.807, 2.05) is 0 Å². The monoisotopic (exact) mass is 494 g/mol. The van der Waals surface area contributed by atoms with Gasteiger partial charge in [-0.15, -0.1) is 0 Å². The second-order valence-corrected chi connectivity index (χ2v) is 19.8. The molecule has 6 heteroatoms. The first-order chi connectivity index (χ1) is 2.00. The molecular weight excluding hydrogens is 494 g/mol. The summed E-state index contributed by atoms with van der Waals surface area (Å²) >= 11 is 10.4. The molecule has 0 aromatic carbocycles. The average Bonchev–Trinajstić information content (AvgIpc) is 0.722. The van der Waals surface area contributed by atoms with Gasteiger partial charge in [-0.3, -0.25) is 0 Å². The normalized spacial score (nSPS) is 10.0. The molecule has 6 heavy (non-hydrogen) atoms. The summed E-state index contributed by atoms with van der Waals surface area (Å²) in [5.41, 5.74) is 0. The third kappa shape index (κ3) is 25.2. The van der Waals surface area contributed by atoms with Crippen LogP contribution in [0, 0.1) is 0 Å². The van der Waals surface area contributed by atoms with Crippen molar-refractivity contribution >= 4 is 81.4 Å². The topological polar surface area (TPSA) is 0 Å². The maximum atomic E-state index is 3.40. The minimum absolute atomic E-state index is 0. The van der Waals surface area contributed by atoms with Crippen LogP contribution in [0.5, 0.6) is 0 Å². The molecule has 0 radical (unpaired) electrons. The summed E-state index contributed by atoms with van der Waals surface area (Å²) in [6, 6.07) is 0. The largest absolute Gasteiger partial charge is 1.00 e. The molecule has 0 N–H and O–H groups in total. The van der Waals surface area contributed by atoms with Gasteiger partial charge in [-0.05, 0) is 0 Å². The summed E-state index contributed by atoms with van der Waals surface area (Å²) in [6.07, 6.45) is 0. The Bertz CT molecular complexity index is 26.3. The van der Waals surface area contributed by atoms with Gasteiger partial charge < -0.3 is 82.9 Å². The minimum Gasteiger partial charge on any atom is -0.314 e. The molecule has 0 aliphatic carbocycles. The molecule has 0 fully saturated rings. The van der Waals surface area contributed by atoms with Crippen molar-refractivity contribution in [2.45, 2.75) is 0 Å². The molecular formula is BBrI3Na. The van der Waals surface area contributed by atoms with Crippen LogP contribution in [-0.4, -0.2) is -1.46 Å². The van der Waals surface area contributed by atoms with Crippen LogP contribution < -0.4 is 29.6 Å². The molecule has 0 spiro atoms. The van der Waals surface area contributed by atoms with E-state index in [2.05, 4.69) is 82.9 Å². The standard InChI is InChI=1S/BBrI3.Na/c2-1(3,4)5;/q-1;+1. The summed E-state index contributed by atoms with van der Waals surface area (Å²) in [6.45, 7) is 0. The molecule has 0 saturated carbocycles. The Morgan fingerprint density at radius 2 is 1.17 bits per heavy atom. The Morgan fingerprint density at radius 1 is 1.17 bits per heavy atom. The molecule has 0 nitrogen and oxygen atoms in total. The minimum atomic E-state index is -0.278. The molecule has 0 amide bonds. The fraction of sp³-hybridized carbons (Fsp3) is 0. The summed E-state index contributed by atoms with van der Waals surface area (Å²) in [5.74, 6) is 0. The van der Waals surface area contributed by atoms with Crippen LogP contribution in [0.4, 0.5) is 0 Å². The fourth-order valence-corrected chi connectivity index (χ4v) is 0. The number of halogens is 4. The molecule has 0 rings (SSSR count). The zero-order valence-electron chi connectivity index (χ0n) is 3.09. The van der Waals surface area contributed by atoms with Crippen molar-refractivity contribution < 1.29 is 29.6 Å². The molecule has 0 bridgehead atoms. The third-order valence-electron chi connectivity index (χ3n) is 0. The van der Waals surface area contributed by atoms with Crippen LogP contribution in [0.25, 0.3) is 0 Å². The van der Waals surface area contributed by atoms with Gasteiger partial charge in [-0.2, -0.15) is 0 Å². The second-order valence-electron chi connectivity index (χ2n) is 0.495. The number of hydrogen-bond donors (Lipinski definition) is 0. The van der Waals surface area contributed by atoms with Gasteiger partial charge in [-0.1, -0.05) is 0 Å². The maximum absolute atomic E-state index is 3.40. The molecule has 0 saturated heterocycles. The summed E-state index contributed by atoms with van der Waals surface area (Å²) < 4.78 is -0.278. The van der Waals surface area contributed by atoms with Gasteiger partial charge in [0.05, 0.1) is 0 Å². The Kier molecular flexibility index (Phi) is 11.4. The zero-order chi connectivity index (χ0) is 4.50. The first kappa shape index (κ1) is 12.4. The third-order valence-corrected chi connectivity index (χ3v) is 0. The van der Waals surface area contributed by atoms with Crippen LogP contribution in [0.2, 0.25) is 0 Å². The summed E-state index contributed by atoms with van der Waals surface area (Å²) in [7, 11) is 0. The first-order valence-electron chi connectivity index (χ1n) is 0.873. The van der Waals surface area contributed by atoms with Gasteiger partial charge in [0.2, 0.25) is -1.46 Å². The van der Waals surface area contributed by atoms with Crippen LogP contribution >= 0.6 is 82.9 Å². The molecule has 0 heterocycles. The predicted octanol–water partition coefficient (Wildman–Crippen LogP) is 0.126. The van der Waals surface area contributed by atoms with E-state index < -0.39 is 0 Å². The average molecular weight is 494 g/mol. The van der Waals surface area contributed by atoms with Crippen molar-refractivity contribution in [1.29, 1.82) is 0 Å². The Morgan fingerprint density at radius 3 is 1.17 bits per heavy atom. The second kappa shape index (κ2) is 5.51. The Hall–Kier alpha value is 3.73. The quantitative estimate of drug-likeness (QED) is 0.332. The van der Waals surface area contributed by atoms with E-state index in [0.29, 0.717) is 0 Å². The van der Waals surface area contributed by atoms with E-state index in [-0.39, 0.29) is 28.1 Å². The first-order valence-corrected chi connectivity index (χ1v) is 5.53. The summed E-state index contributed by atoms with van der Waals surface area (Å²) in [4.78, 5) is 0. The van der Waals surface area contributed by atoms with E-state index >= 15 is 0 Å². The maximum Gasteiger partial charge on any atom is 1.00 e. The molecule has 0 atom stereocenters. The molecule has 0 aromatic rings. The van der Waals surface area contributed by atoms with Gasteiger partial charge in [0.1, 0.15) is 0 Å². The van der Waals surface area contributed by atoms with Gasteiger partial charge in [0.15, 0.2) is 0 Å². The molecule has 0 unspecified atom stereocenters. The van der Waals surface area contributed by atoms with Crippen LogP contribution in [-0.2, 0) is 0 Å². The van der Waals surface area contributed by atoms with Crippen molar-refractivity contribution in [2.24, 2.45) is 0 Å². The van der Waals surface area contributed by atoms with E-state index in [1.165, 1.54) is 0 Å². The van der Waals surface area contributed by atoms with Crippen molar-refractivity contribution in [1.82, 2.24) is 0 Å².